The van der Waals surface area contributed by atoms with Crippen molar-refractivity contribution in [1.29, 1.82) is 0 Å². The van der Waals surface area contributed by atoms with Crippen LogP contribution < -0.4 is 4.74 Å². The molecular formula is C16H19F3N2O2. The van der Waals surface area contributed by atoms with E-state index in [1.165, 1.54) is 7.11 Å². The third-order valence-corrected chi connectivity index (χ3v) is 3.46. The molecule has 0 saturated carbocycles. The smallest absolute Gasteiger partial charge is 0.433 e. The molecule has 1 aromatic heterocycles. The molecule has 1 heterocycles. The molecule has 0 bridgehead atoms. The van der Waals surface area contributed by atoms with Crippen molar-refractivity contribution in [1.82, 2.24) is 9.78 Å². The molecule has 0 radical (unpaired) electrons. The molecule has 1 aromatic carbocycles. The van der Waals surface area contributed by atoms with Gasteiger partial charge in [-0.2, -0.15) is 18.3 Å². The van der Waals surface area contributed by atoms with Crippen LogP contribution in [0.5, 0.6) is 5.75 Å². The highest BCUT2D eigenvalue weighted by Gasteiger charge is 2.37. The standard InChI is InChI=1S/C16H19F3N2O2/c1-15(2,10-22)9-21-14(16(17,18)19)8-12(20-21)11-6-4-5-7-13(11)23-3/h4-8,22H,9-10H2,1-3H3. The summed E-state index contributed by atoms with van der Waals surface area (Å²) >= 11 is 0. The van der Waals surface area contributed by atoms with Crippen LogP contribution in [0.3, 0.4) is 0 Å². The Morgan fingerprint density at radius 3 is 2.43 bits per heavy atom. The van der Waals surface area contributed by atoms with Gasteiger partial charge in [-0.15, -0.1) is 0 Å². The summed E-state index contributed by atoms with van der Waals surface area (Å²) in [6.45, 7) is 3.07. The van der Waals surface area contributed by atoms with Crippen LogP contribution in [0.15, 0.2) is 30.3 Å². The van der Waals surface area contributed by atoms with Gasteiger partial charge in [-0.3, -0.25) is 4.68 Å². The summed E-state index contributed by atoms with van der Waals surface area (Å²) < 4.78 is 45.9. The van der Waals surface area contributed by atoms with Crippen molar-refractivity contribution < 1.29 is 23.0 Å². The van der Waals surface area contributed by atoms with E-state index < -0.39 is 17.3 Å². The predicted molar refractivity (Wildman–Crippen MR) is 80.1 cm³/mol. The molecule has 0 aliphatic heterocycles. The molecule has 0 saturated heterocycles. The molecule has 0 aliphatic carbocycles. The van der Waals surface area contributed by atoms with Gasteiger partial charge in [0.05, 0.1) is 12.8 Å². The molecule has 2 rings (SSSR count). The fourth-order valence-electron chi connectivity index (χ4n) is 2.21. The molecule has 0 fully saturated rings. The van der Waals surface area contributed by atoms with Crippen molar-refractivity contribution in [2.75, 3.05) is 13.7 Å². The number of rotatable bonds is 5. The summed E-state index contributed by atoms with van der Waals surface area (Å²) in [6, 6.07) is 7.77. The molecular weight excluding hydrogens is 309 g/mol. The number of ether oxygens (including phenoxy) is 1. The van der Waals surface area contributed by atoms with E-state index in [1.807, 2.05) is 0 Å². The molecule has 7 heteroatoms. The maximum atomic E-state index is 13.3. The maximum Gasteiger partial charge on any atom is 0.433 e. The fraction of sp³-hybridized carbons (Fsp3) is 0.438. The Kier molecular flexibility index (Phi) is 4.70. The van der Waals surface area contributed by atoms with Gasteiger partial charge in [-0.25, -0.2) is 0 Å². The van der Waals surface area contributed by atoms with E-state index >= 15 is 0 Å². The fourth-order valence-corrected chi connectivity index (χ4v) is 2.21. The van der Waals surface area contributed by atoms with Crippen molar-refractivity contribution in [3.63, 3.8) is 0 Å². The number of aromatic nitrogens is 2. The number of alkyl halides is 3. The molecule has 2 aromatic rings. The van der Waals surface area contributed by atoms with Crippen LogP contribution in [-0.2, 0) is 12.7 Å². The van der Waals surface area contributed by atoms with E-state index in [2.05, 4.69) is 5.10 Å². The first-order valence-corrected chi connectivity index (χ1v) is 7.07. The van der Waals surface area contributed by atoms with E-state index in [4.69, 9.17) is 4.74 Å². The Morgan fingerprint density at radius 2 is 1.87 bits per heavy atom. The lowest BCUT2D eigenvalue weighted by molar-refractivity contribution is -0.145. The number of para-hydroxylation sites is 1. The first-order valence-electron chi connectivity index (χ1n) is 7.07. The van der Waals surface area contributed by atoms with Gasteiger partial charge in [0.1, 0.15) is 11.4 Å². The maximum absolute atomic E-state index is 13.3. The summed E-state index contributed by atoms with van der Waals surface area (Å²) in [4.78, 5) is 0. The van der Waals surface area contributed by atoms with E-state index in [0.717, 1.165) is 10.7 Å². The van der Waals surface area contributed by atoms with Gasteiger partial charge in [-0.05, 0) is 18.2 Å². The Balaban J connectivity index is 2.53. The highest BCUT2D eigenvalue weighted by Crippen LogP contribution is 2.36. The first-order chi connectivity index (χ1) is 10.7. The average Bonchev–Trinajstić information content (AvgIpc) is 2.90. The number of nitrogens with zero attached hydrogens (tertiary/aromatic N) is 2. The number of aliphatic hydroxyl groups is 1. The SMILES string of the molecule is COc1ccccc1-c1cc(C(F)(F)F)n(CC(C)(C)CO)n1. The van der Waals surface area contributed by atoms with Gasteiger partial charge in [-0.1, -0.05) is 26.0 Å². The second kappa shape index (κ2) is 6.23. The summed E-state index contributed by atoms with van der Waals surface area (Å²) in [7, 11) is 1.45. The lowest BCUT2D eigenvalue weighted by Crippen LogP contribution is -2.27. The van der Waals surface area contributed by atoms with E-state index in [-0.39, 0.29) is 18.8 Å². The minimum absolute atomic E-state index is 0.0481. The zero-order chi connectivity index (χ0) is 17.3. The monoisotopic (exact) mass is 328 g/mol. The predicted octanol–water partition coefficient (Wildman–Crippen LogP) is 3.60. The Labute approximate surface area is 132 Å². The van der Waals surface area contributed by atoms with Gasteiger partial charge < -0.3 is 9.84 Å². The zero-order valence-electron chi connectivity index (χ0n) is 13.2. The van der Waals surface area contributed by atoms with Crippen molar-refractivity contribution in [3.05, 3.63) is 36.0 Å². The minimum atomic E-state index is -4.53. The molecule has 23 heavy (non-hydrogen) atoms. The minimum Gasteiger partial charge on any atom is -0.496 e. The number of halogens is 3. The summed E-state index contributed by atoms with van der Waals surface area (Å²) in [6.07, 6.45) is -4.53. The third kappa shape index (κ3) is 3.85. The molecule has 0 spiro atoms. The van der Waals surface area contributed by atoms with Crippen LogP contribution >= 0.6 is 0 Å². The molecule has 0 unspecified atom stereocenters. The lowest BCUT2D eigenvalue weighted by Gasteiger charge is -2.23. The van der Waals surface area contributed by atoms with Crippen molar-refractivity contribution in [2.24, 2.45) is 5.41 Å². The van der Waals surface area contributed by atoms with Crippen LogP contribution in [0.1, 0.15) is 19.5 Å². The van der Waals surface area contributed by atoms with Crippen molar-refractivity contribution >= 4 is 0 Å². The molecule has 126 valence electrons. The largest absolute Gasteiger partial charge is 0.496 e. The van der Waals surface area contributed by atoms with Crippen LogP contribution in [0.2, 0.25) is 0 Å². The Hall–Kier alpha value is -2.02. The summed E-state index contributed by atoms with van der Waals surface area (Å²) in [5.41, 5.74) is -0.895. The molecule has 0 amide bonds. The van der Waals surface area contributed by atoms with E-state index in [0.29, 0.717) is 11.3 Å². The molecule has 0 aliphatic rings. The van der Waals surface area contributed by atoms with Gasteiger partial charge in [0.25, 0.3) is 0 Å². The summed E-state index contributed by atoms with van der Waals surface area (Å²) in [5, 5.41) is 13.4. The van der Waals surface area contributed by atoms with Crippen LogP contribution in [0.4, 0.5) is 13.2 Å². The Bertz CT molecular complexity index is 678. The zero-order valence-corrected chi connectivity index (χ0v) is 13.2. The molecule has 4 nitrogen and oxygen atoms in total. The summed E-state index contributed by atoms with van der Waals surface area (Å²) in [5.74, 6) is 0.451. The van der Waals surface area contributed by atoms with Crippen LogP contribution in [-0.4, -0.2) is 28.6 Å². The second-order valence-corrected chi connectivity index (χ2v) is 6.09. The van der Waals surface area contributed by atoms with Gasteiger partial charge in [0.2, 0.25) is 0 Å². The quantitative estimate of drug-likeness (QED) is 0.912. The van der Waals surface area contributed by atoms with Gasteiger partial charge >= 0.3 is 6.18 Å². The third-order valence-electron chi connectivity index (χ3n) is 3.46. The highest BCUT2D eigenvalue weighted by atomic mass is 19.4. The van der Waals surface area contributed by atoms with Gasteiger partial charge in [0.15, 0.2) is 0 Å². The normalized spacial score (nSPS) is 12.5. The second-order valence-electron chi connectivity index (χ2n) is 6.09. The number of methoxy groups -OCH3 is 1. The van der Waals surface area contributed by atoms with Crippen molar-refractivity contribution in [2.45, 2.75) is 26.6 Å². The lowest BCUT2D eigenvalue weighted by atomic mass is 9.95. The number of aliphatic hydroxyl groups excluding tert-OH is 1. The van der Waals surface area contributed by atoms with Crippen molar-refractivity contribution in [3.8, 4) is 17.0 Å². The topological polar surface area (TPSA) is 47.3 Å². The Morgan fingerprint density at radius 1 is 1.22 bits per heavy atom. The van der Waals surface area contributed by atoms with E-state index in [1.54, 1.807) is 38.1 Å². The van der Waals surface area contributed by atoms with Crippen LogP contribution in [0.25, 0.3) is 11.3 Å². The van der Waals surface area contributed by atoms with E-state index in [9.17, 15) is 18.3 Å². The number of hydrogen-bond donors (Lipinski definition) is 1. The average molecular weight is 328 g/mol. The first kappa shape index (κ1) is 17.3. The molecule has 0 atom stereocenters. The number of hydrogen-bond acceptors (Lipinski definition) is 3. The molecule has 1 N–H and O–H groups in total. The highest BCUT2D eigenvalue weighted by molar-refractivity contribution is 5.67. The van der Waals surface area contributed by atoms with Gasteiger partial charge in [0, 0.05) is 24.1 Å². The van der Waals surface area contributed by atoms with Crippen LogP contribution in [0, 0.1) is 5.41 Å². The number of benzene rings is 1.